The third kappa shape index (κ3) is 3.40. The Labute approximate surface area is 131 Å². The standard InChI is InChI=1S/C13H15N7OS/c1-7-19-20-10(22-7)5-16-11-9(4-14)12(18-13(15)17-11)21-6-8-2-3-8/h8H,2-3,5-6H2,1H3,(H3,15,16,17,18). The van der Waals surface area contributed by atoms with E-state index in [1.807, 2.05) is 6.92 Å². The molecule has 0 bridgehead atoms. The molecule has 9 heteroatoms. The zero-order valence-electron chi connectivity index (χ0n) is 12.0. The van der Waals surface area contributed by atoms with Crippen molar-refractivity contribution in [3.63, 3.8) is 0 Å². The molecule has 0 aliphatic heterocycles. The average molecular weight is 317 g/mol. The van der Waals surface area contributed by atoms with Crippen LogP contribution in [0.1, 0.15) is 28.4 Å². The van der Waals surface area contributed by atoms with Crippen molar-refractivity contribution < 1.29 is 4.74 Å². The first-order valence-electron chi connectivity index (χ1n) is 6.89. The molecule has 0 amide bonds. The topological polar surface area (TPSA) is 123 Å². The van der Waals surface area contributed by atoms with E-state index in [9.17, 15) is 5.26 Å². The van der Waals surface area contributed by atoms with Crippen LogP contribution in [0.5, 0.6) is 5.88 Å². The quantitative estimate of drug-likeness (QED) is 0.821. The van der Waals surface area contributed by atoms with Gasteiger partial charge >= 0.3 is 0 Å². The fourth-order valence-electron chi connectivity index (χ4n) is 1.84. The number of ether oxygens (including phenoxy) is 1. The van der Waals surface area contributed by atoms with Gasteiger partial charge in [-0.3, -0.25) is 0 Å². The van der Waals surface area contributed by atoms with Gasteiger partial charge in [-0.25, -0.2) is 0 Å². The summed E-state index contributed by atoms with van der Waals surface area (Å²) in [6, 6.07) is 2.08. The number of hydrogen-bond donors (Lipinski definition) is 2. The van der Waals surface area contributed by atoms with Gasteiger partial charge in [-0.2, -0.15) is 15.2 Å². The Morgan fingerprint density at radius 3 is 2.86 bits per heavy atom. The molecule has 3 N–H and O–H groups in total. The van der Waals surface area contributed by atoms with E-state index < -0.39 is 0 Å². The van der Waals surface area contributed by atoms with Crippen LogP contribution < -0.4 is 15.8 Å². The van der Waals surface area contributed by atoms with Crippen molar-refractivity contribution in [1.29, 1.82) is 5.26 Å². The maximum Gasteiger partial charge on any atom is 0.238 e. The van der Waals surface area contributed by atoms with Crippen LogP contribution in [0.2, 0.25) is 0 Å². The molecular formula is C13H15N7OS. The highest BCUT2D eigenvalue weighted by Gasteiger charge is 2.24. The SMILES string of the molecule is Cc1nnc(CNc2nc(N)nc(OCC3CC3)c2C#N)s1. The van der Waals surface area contributed by atoms with Gasteiger partial charge in [0, 0.05) is 0 Å². The zero-order chi connectivity index (χ0) is 15.5. The van der Waals surface area contributed by atoms with E-state index in [-0.39, 0.29) is 17.4 Å². The minimum Gasteiger partial charge on any atom is -0.476 e. The Bertz CT molecular complexity index is 720. The molecule has 0 radical (unpaired) electrons. The van der Waals surface area contributed by atoms with E-state index in [0.717, 1.165) is 22.9 Å². The van der Waals surface area contributed by atoms with Gasteiger partial charge in [0.05, 0.1) is 13.2 Å². The Morgan fingerprint density at radius 1 is 1.41 bits per heavy atom. The van der Waals surface area contributed by atoms with Gasteiger partial charge in [0.2, 0.25) is 11.8 Å². The van der Waals surface area contributed by atoms with Crippen LogP contribution in [0.3, 0.4) is 0 Å². The van der Waals surface area contributed by atoms with E-state index in [2.05, 4.69) is 31.6 Å². The van der Waals surface area contributed by atoms with Crippen molar-refractivity contribution in [1.82, 2.24) is 20.2 Å². The number of nitrogen functional groups attached to an aromatic ring is 1. The lowest BCUT2D eigenvalue weighted by molar-refractivity contribution is 0.288. The lowest BCUT2D eigenvalue weighted by Gasteiger charge is -2.11. The van der Waals surface area contributed by atoms with Crippen molar-refractivity contribution in [2.24, 2.45) is 5.92 Å². The highest BCUT2D eigenvalue weighted by atomic mass is 32.1. The first-order valence-corrected chi connectivity index (χ1v) is 7.70. The number of nitrogens with two attached hydrogens (primary N) is 1. The van der Waals surface area contributed by atoms with Crippen LogP contribution in [0.4, 0.5) is 11.8 Å². The number of aromatic nitrogens is 4. The molecule has 22 heavy (non-hydrogen) atoms. The van der Waals surface area contributed by atoms with Crippen molar-refractivity contribution in [3.05, 3.63) is 15.6 Å². The van der Waals surface area contributed by atoms with E-state index in [1.54, 1.807) is 0 Å². The van der Waals surface area contributed by atoms with Crippen molar-refractivity contribution in [2.75, 3.05) is 17.7 Å². The number of nitrogens with one attached hydrogen (secondary N) is 1. The maximum absolute atomic E-state index is 9.36. The van der Waals surface area contributed by atoms with Crippen LogP contribution in [0, 0.1) is 24.2 Å². The molecular weight excluding hydrogens is 302 g/mol. The molecule has 1 aliphatic carbocycles. The lowest BCUT2D eigenvalue weighted by atomic mass is 10.3. The average Bonchev–Trinajstić information content (AvgIpc) is 3.23. The minimum absolute atomic E-state index is 0.0701. The molecule has 2 aromatic rings. The highest BCUT2D eigenvalue weighted by molar-refractivity contribution is 7.11. The van der Waals surface area contributed by atoms with Gasteiger partial charge in [0.15, 0.2) is 11.4 Å². The van der Waals surface area contributed by atoms with Gasteiger partial charge in [0.25, 0.3) is 0 Å². The number of aryl methyl sites for hydroxylation is 1. The highest BCUT2D eigenvalue weighted by Crippen LogP contribution is 2.31. The van der Waals surface area contributed by atoms with Gasteiger partial charge in [-0.05, 0) is 25.7 Å². The molecule has 2 heterocycles. The normalized spacial score (nSPS) is 13.6. The first kappa shape index (κ1) is 14.5. The first-order chi connectivity index (χ1) is 10.7. The smallest absolute Gasteiger partial charge is 0.238 e. The third-order valence-electron chi connectivity index (χ3n) is 3.13. The third-order valence-corrected chi connectivity index (χ3v) is 3.97. The molecule has 2 aromatic heterocycles. The van der Waals surface area contributed by atoms with E-state index in [1.165, 1.54) is 11.3 Å². The van der Waals surface area contributed by atoms with Crippen molar-refractivity contribution in [2.45, 2.75) is 26.3 Å². The summed E-state index contributed by atoms with van der Waals surface area (Å²) >= 11 is 1.48. The Morgan fingerprint density at radius 2 is 2.23 bits per heavy atom. The van der Waals surface area contributed by atoms with Crippen molar-refractivity contribution in [3.8, 4) is 11.9 Å². The molecule has 0 saturated heterocycles. The summed E-state index contributed by atoms with van der Waals surface area (Å²) in [5, 5.41) is 22.1. The molecule has 0 aromatic carbocycles. The Kier molecular flexibility index (Phi) is 4.02. The van der Waals surface area contributed by atoms with Crippen LogP contribution in [0.15, 0.2) is 0 Å². The van der Waals surface area contributed by atoms with E-state index in [4.69, 9.17) is 10.5 Å². The monoisotopic (exact) mass is 317 g/mol. The van der Waals surface area contributed by atoms with Crippen LogP contribution in [-0.2, 0) is 6.54 Å². The fourth-order valence-corrected chi connectivity index (χ4v) is 2.49. The number of anilines is 2. The summed E-state index contributed by atoms with van der Waals surface area (Å²) in [6.07, 6.45) is 2.31. The summed E-state index contributed by atoms with van der Waals surface area (Å²) in [4.78, 5) is 8.10. The van der Waals surface area contributed by atoms with Gasteiger partial charge in [0.1, 0.15) is 16.1 Å². The molecule has 3 rings (SSSR count). The largest absolute Gasteiger partial charge is 0.476 e. The summed E-state index contributed by atoms with van der Waals surface area (Å²) in [6.45, 7) is 2.85. The summed E-state index contributed by atoms with van der Waals surface area (Å²) in [5.74, 6) is 1.22. The Hall–Kier alpha value is -2.47. The van der Waals surface area contributed by atoms with Crippen LogP contribution >= 0.6 is 11.3 Å². The molecule has 0 atom stereocenters. The molecule has 1 aliphatic rings. The van der Waals surface area contributed by atoms with Crippen molar-refractivity contribution >= 4 is 23.1 Å². The van der Waals surface area contributed by atoms with E-state index >= 15 is 0 Å². The summed E-state index contributed by atoms with van der Waals surface area (Å²) in [5.41, 5.74) is 5.96. The molecule has 1 saturated carbocycles. The Balaban J connectivity index is 1.77. The second kappa shape index (κ2) is 6.11. The van der Waals surface area contributed by atoms with Crippen LogP contribution in [0.25, 0.3) is 0 Å². The molecule has 0 unspecified atom stereocenters. The summed E-state index contributed by atoms with van der Waals surface area (Å²) in [7, 11) is 0. The zero-order valence-corrected chi connectivity index (χ0v) is 12.9. The number of nitrogens with zero attached hydrogens (tertiary/aromatic N) is 5. The molecule has 0 spiro atoms. The predicted molar refractivity (Wildman–Crippen MR) is 81.4 cm³/mol. The second-order valence-electron chi connectivity index (χ2n) is 5.05. The number of nitriles is 1. The maximum atomic E-state index is 9.36. The second-order valence-corrected chi connectivity index (χ2v) is 6.31. The van der Waals surface area contributed by atoms with Crippen LogP contribution in [-0.4, -0.2) is 26.8 Å². The van der Waals surface area contributed by atoms with E-state index in [0.29, 0.717) is 24.9 Å². The fraction of sp³-hybridized carbons (Fsp3) is 0.462. The molecule has 8 nitrogen and oxygen atoms in total. The van der Waals surface area contributed by atoms with Gasteiger partial charge < -0.3 is 15.8 Å². The molecule has 1 fully saturated rings. The predicted octanol–water partition coefficient (Wildman–Crippen LogP) is 1.49. The van der Waals surface area contributed by atoms with Gasteiger partial charge in [-0.1, -0.05) is 11.3 Å². The minimum atomic E-state index is 0.0701. The molecule has 114 valence electrons. The summed E-state index contributed by atoms with van der Waals surface area (Å²) < 4.78 is 5.61. The number of rotatable bonds is 6. The van der Waals surface area contributed by atoms with Gasteiger partial charge in [-0.15, -0.1) is 10.2 Å². The lowest BCUT2D eigenvalue weighted by Crippen LogP contribution is -2.10. The number of hydrogen-bond acceptors (Lipinski definition) is 9.